The smallest absolute Gasteiger partial charge is 0.238 e. The number of carbonyl (C=O) groups is 2. The van der Waals surface area contributed by atoms with E-state index in [0.29, 0.717) is 19.5 Å². The molecular formula is C19H26N4O2S. The number of likely N-dealkylation sites (tertiary alicyclic amines) is 1. The molecule has 2 atom stereocenters. The Labute approximate surface area is 159 Å². The summed E-state index contributed by atoms with van der Waals surface area (Å²) in [6, 6.07) is 9.96. The van der Waals surface area contributed by atoms with E-state index in [0.717, 1.165) is 30.0 Å². The predicted octanol–water partition coefficient (Wildman–Crippen LogP) is 2.62. The minimum atomic E-state index is -0.0607. The van der Waals surface area contributed by atoms with Crippen LogP contribution in [0.5, 0.6) is 0 Å². The minimum Gasteiger partial charge on any atom is -0.352 e. The van der Waals surface area contributed by atoms with E-state index >= 15 is 0 Å². The third-order valence-corrected chi connectivity index (χ3v) is 5.33. The first-order valence-electron chi connectivity index (χ1n) is 8.90. The number of nitriles is 1. The van der Waals surface area contributed by atoms with Crippen LogP contribution in [0.15, 0.2) is 29.2 Å². The van der Waals surface area contributed by atoms with Crippen molar-refractivity contribution in [3.8, 4) is 6.07 Å². The Hall–Kier alpha value is -2.04. The highest BCUT2D eigenvalue weighted by Gasteiger charge is 2.22. The number of benzene rings is 1. The maximum atomic E-state index is 12.5. The fourth-order valence-corrected chi connectivity index (χ4v) is 4.05. The monoisotopic (exact) mass is 374 g/mol. The van der Waals surface area contributed by atoms with Crippen molar-refractivity contribution in [2.75, 3.05) is 25.0 Å². The Bertz CT molecular complexity index is 674. The Morgan fingerprint density at radius 3 is 2.92 bits per heavy atom. The van der Waals surface area contributed by atoms with Crippen LogP contribution in [-0.2, 0) is 9.59 Å². The number of carbonyl (C=O) groups excluding carboxylic acids is 2. The number of hydrogen-bond acceptors (Lipinski definition) is 5. The van der Waals surface area contributed by atoms with Gasteiger partial charge in [-0.3, -0.25) is 14.5 Å². The number of amides is 2. The number of piperidine rings is 1. The van der Waals surface area contributed by atoms with Gasteiger partial charge in [0.25, 0.3) is 0 Å². The van der Waals surface area contributed by atoms with Crippen LogP contribution in [0.3, 0.4) is 0 Å². The van der Waals surface area contributed by atoms with Gasteiger partial charge in [-0.2, -0.15) is 5.26 Å². The van der Waals surface area contributed by atoms with E-state index in [4.69, 9.17) is 5.26 Å². The van der Waals surface area contributed by atoms with Crippen LogP contribution in [-0.4, -0.2) is 47.6 Å². The summed E-state index contributed by atoms with van der Waals surface area (Å²) in [6.07, 6.45) is 2.38. The topological polar surface area (TPSA) is 85.2 Å². The van der Waals surface area contributed by atoms with Gasteiger partial charge in [0.2, 0.25) is 11.8 Å². The van der Waals surface area contributed by atoms with Gasteiger partial charge in [-0.15, -0.1) is 11.8 Å². The molecule has 2 N–H and O–H groups in total. The maximum absolute atomic E-state index is 12.5. The number of nitrogens with one attached hydrogen (secondary N) is 2. The van der Waals surface area contributed by atoms with Gasteiger partial charge < -0.3 is 10.6 Å². The highest BCUT2D eigenvalue weighted by molar-refractivity contribution is 8.00. The molecular weight excluding hydrogens is 348 g/mol. The molecule has 1 heterocycles. The number of thioether (sulfide) groups is 1. The third kappa shape index (κ3) is 6.70. The summed E-state index contributed by atoms with van der Waals surface area (Å²) in [7, 11) is 0. The van der Waals surface area contributed by atoms with E-state index in [1.54, 1.807) is 11.8 Å². The molecule has 0 saturated carbocycles. The highest BCUT2D eigenvalue weighted by Crippen LogP contribution is 2.31. The average molecular weight is 375 g/mol. The molecule has 0 bridgehead atoms. The zero-order valence-corrected chi connectivity index (χ0v) is 16.1. The van der Waals surface area contributed by atoms with Gasteiger partial charge in [-0.25, -0.2) is 0 Å². The van der Waals surface area contributed by atoms with E-state index in [1.807, 2.05) is 31.2 Å². The summed E-state index contributed by atoms with van der Waals surface area (Å²) in [4.78, 5) is 26.7. The molecule has 0 radical (unpaired) electrons. The lowest BCUT2D eigenvalue weighted by Gasteiger charge is -2.32. The second kappa shape index (κ2) is 10.2. The standard InChI is InChI=1S/C19H26N4O2S/c1-14(9-10-20)26-18-8-4-3-7-17(18)22-19(25)13-23-11-5-6-16(12-23)21-15(2)24/h3-4,7-8,14,16H,5-6,9,11-13H2,1-2H3,(H,21,24)(H,22,25)/t14-,16+/m0/s1. The first-order valence-corrected chi connectivity index (χ1v) is 9.78. The van der Waals surface area contributed by atoms with Gasteiger partial charge in [-0.1, -0.05) is 19.1 Å². The Morgan fingerprint density at radius 2 is 2.19 bits per heavy atom. The van der Waals surface area contributed by atoms with Gasteiger partial charge in [0.15, 0.2) is 0 Å². The molecule has 7 heteroatoms. The number of nitrogens with zero attached hydrogens (tertiary/aromatic N) is 2. The molecule has 1 aliphatic rings. The van der Waals surface area contributed by atoms with Crippen molar-refractivity contribution in [2.45, 2.75) is 49.3 Å². The quantitative estimate of drug-likeness (QED) is 0.717. The van der Waals surface area contributed by atoms with E-state index < -0.39 is 0 Å². The van der Waals surface area contributed by atoms with Crippen molar-refractivity contribution < 1.29 is 9.59 Å². The van der Waals surface area contributed by atoms with Crippen molar-refractivity contribution in [3.63, 3.8) is 0 Å². The van der Waals surface area contributed by atoms with Crippen molar-refractivity contribution in [1.82, 2.24) is 10.2 Å². The highest BCUT2D eigenvalue weighted by atomic mass is 32.2. The molecule has 1 aromatic carbocycles. The van der Waals surface area contributed by atoms with Crippen LogP contribution in [0.4, 0.5) is 5.69 Å². The van der Waals surface area contributed by atoms with Crippen molar-refractivity contribution in [3.05, 3.63) is 24.3 Å². The summed E-state index contributed by atoms with van der Waals surface area (Å²) in [5.41, 5.74) is 0.780. The molecule has 0 aromatic heterocycles. The summed E-state index contributed by atoms with van der Waals surface area (Å²) >= 11 is 1.59. The fraction of sp³-hybridized carbons (Fsp3) is 0.526. The Kier molecular flexibility index (Phi) is 7.95. The van der Waals surface area contributed by atoms with Crippen LogP contribution in [0.25, 0.3) is 0 Å². The molecule has 2 amide bonds. The predicted molar refractivity (Wildman–Crippen MR) is 104 cm³/mol. The fourth-order valence-electron chi connectivity index (χ4n) is 3.06. The normalized spacial score (nSPS) is 18.6. The van der Waals surface area contributed by atoms with Crippen LogP contribution in [0.2, 0.25) is 0 Å². The van der Waals surface area contributed by atoms with Gasteiger partial charge in [0.1, 0.15) is 0 Å². The van der Waals surface area contributed by atoms with Crippen LogP contribution in [0.1, 0.15) is 33.1 Å². The minimum absolute atomic E-state index is 0.0289. The molecule has 1 aromatic rings. The SMILES string of the molecule is CC(=O)N[C@@H]1CCCN(CC(=O)Nc2ccccc2S[C@@H](C)CC#N)C1. The van der Waals surface area contributed by atoms with Gasteiger partial charge >= 0.3 is 0 Å². The number of rotatable bonds is 7. The van der Waals surface area contributed by atoms with E-state index in [9.17, 15) is 9.59 Å². The summed E-state index contributed by atoms with van der Waals surface area (Å²) < 4.78 is 0. The first kappa shape index (κ1) is 20.3. The molecule has 1 fully saturated rings. The summed E-state index contributed by atoms with van der Waals surface area (Å²) in [5.74, 6) is -0.0896. The average Bonchev–Trinajstić information content (AvgIpc) is 2.56. The van der Waals surface area contributed by atoms with Crippen LogP contribution in [0, 0.1) is 11.3 Å². The molecule has 0 aliphatic carbocycles. The van der Waals surface area contributed by atoms with Crippen molar-refractivity contribution in [1.29, 1.82) is 5.26 Å². The molecule has 0 spiro atoms. The van der Waals surface area contributed by atoms with Crippen molar-refractivity contribution >= 4 is 29.3 Å². The number of hydrogen-bond donors (Lipinski definition) is 2. The first-order chi connectivity index (χ1) is 12.5. The van der Waals surface area contributed by atoms with Gasteiger partial charge in [-0.05, 0) is 31.5 Å². The largest absolute Gasteiger partial charge is 0.352 e. The second-order valence-corrected chi connectivity index (χ2v) is 8.09. The van der Waals surface area contributed by atoms with Gasteiger partial charge in [0.05, 0.1) is 18.3 Å². The van der Waals surface area contributed by atoms with Crippen LogP contribution >= 0.6 is 11.8 Å². The van der Waals surface area contributed by atoms with Gasteiger partial charge in [0, 0.05) is 36.1 Å². The summed E-state index contributed by atoms with van der Waals surface area (Å²) in [5, 5.41) is 14.9. The van der Waals surface area contributed by atoms with E-state index in [-0.39, 0.29) is 23.1 Å². The van der Waals surface area contributed by atoms with E-state index in [1.165, 1.54) is 6.92 Å². The molecule has 1 saturated heterocycles. The van der Waals surface area contributed by atoms with E-state index in [2.05, 4.69) is 21.6 Å². The Morgan fingerprint density at radius 1 is 1.42 bits per heavy atom. The van der Waals surface area contributed by atoms with Crippen molar-refractivity contribution in [2.24, 2.45) is 0 Å². The lowest BCUT2D eigenvalue weighted by Crippen LogP contribution is -2.49. The lowest BCUT2D eigenvalue weighted by atomic mass is 10.1. The van der Waals surface area contributed by atoms with Crippen LogP contribution < -0.4 is 10.6 Å². The molecule has 6 nitrogen and oxygen atoms in total. The zero-order chi connectivity index (χ0) is 18.9. The maximum Gasteiger partial charge on any atom is 0.238 e. The Balaban J connectivity index is 1.91. The second-order valence-electron chi connectivity index (χ2n) is 6.61. The lowest BCUT2D eigenvalue weighted by molar-refractivity contribution is -0.120. The number of anilines is 1. The molecule has 2 rings (SSSR count). The molecule has 140 valence electrons. The third-order valence-electron chi connectivity index (χ3n) is 4.15. The molecule has 1 aliphatic heterocycles. The summed E-state index contributed by atoms with van der Waals surface area (Å²) in [6.45, 7) is 5.39. The zero-order valence-electron chi connectivity index (χ0n) is 15.3. The molecule has 0 unspecified atom stereocenters. The number of para-hydroxylation sites is 1. The molecule has 26 heavy (non-hydrogen) atoms.